The Hall–Kier alpha value is -1.98. The van der Waals surface area contributed by atoms with Crippen molar-refractivity contribution in [3.63, 3.8) is 0 Å². The van der Waals surface area contributed by atoms with Gasteiger partial charge in [-0.15, -0.1) is 0 Å². The zero-order valence-electron chi connectivity index (χ0n) is 13.6. The summed E-state index contributed by atoms with van der Waals surface area (Å²) in [5.74, 6) is 0.535. The van der Waals surface area contributed by atoms with Crippen LogP contribution in [0.3, 0.4) is 0 Å². The van der Waals surface area contributed by atoms with Crippen LogP contribution in [0.1, 0.15) is 72.9 Å². The Kier molecular flexibility index (Phi) is 4.59. The Labute approximate surface area is 136 Å². The second-order valence-corrected chi connectivity index (χ2v) is 6.62. The predicted molar refractivity (Wildman–Crippen MR) is 85.5 cm³/mol. The third kappa shape index (κ3) is 3.21. The van der Waals surface area contributed by atoms with Crippen molar-refractivity contribution in [1.82, 2.24) is 14.9 Å². The van der Waals surface area contributed by atoms with Gasteiger partial charge < -0.3 is 10.6 Å². The van der Waals surface area contributed by atoms with Crippen molar-refractivity contribution < 1.29 is 9.59 Å². The lowest BCUT2D eigenvalue weighted by Crippen LogP contribution is -2.37. The number of aromatic nitrogens is 2. The van der Waals surface area contributed by atoms with E-state index >= 15 is 0 Å². The molecule has 0 radical (unpaired) electrons. The molecular formula is C17H24N4O2. The van der Waals surface area contributed by atoms with Crippen molar-refractivity contribution >= 4 is 11.8 Å². The maximum absolute atomic E-state index is 12.8. The fourth-order valence-electron chi connectivity index (χ4n) is 3.77. The molecule has 23 heavy (non-hydrogen) atoms. The van der Waals surface area contributed by atoms with Gasteiger partial charge in [-0.3, -0.25) is 9.59 Å². The van der Waals surface area contributed by atoms with Gasteiger partial charge in [-0.2, -0.15) is 0 Å². The highest BCUT2D eigenvalue weighted by Gasteiger charge is 2.35. The third-order valence-corrected chi connectivity index (χ3v) is 5.05. The lowest BCUT2D eigenvalue weighted by molar-refractivity contribution is -0.137. The standard InChI is InChI=1S/C17H24N4O2/c1-11-13(15(18)22)10-19-16(20-11)14-8-5-9-21(14)17(23)12-6-3-2-4-7-12/h10,12,14H,2-9H2,1H3,(H2,18,22)/t14-/m1/s1. The summed E-state index contributed by atoms with van der Waals surface area (Å²) in [6, 6.07) is -0.0648. The maximum atomic E-state index is 12.8. The van der Waals surface area contributed by atoms with Crippen LogP contribution in [-0.2, 0) is 4.79 Å². The first-order valence-electron chi connectivity index (χ1n) is 8.51. The van der Waals surface area contributed by atoms with Crippen LogP contribution in [0.4, 0.5) is 0 Å². The Morgan fingerprint density at radius 1 is 1.17 bits per heavy atom. The van der Waals surface area contributed by atoms with Gasteiger partial charge in [-0.25, -0.2) is 9.97 Å². The van der Waals surface area contributed by atoms with Crippen LogP contribution in [0.5, 0.6) is 0 Å². The number of rotatable bonds is 3. The molecular weight excluding hydrogens is 292 g/mol. The Balaban J connectivity index is 1.79. The highest BCUT2D eigenvalue weighted by atomic mass is 16.2. The van der Waals surface area contributed by atoms with E-state index in [9.17, 15) is 9.59 Å². The lowest BCUT2D eigenvalue weighted by Gasteiger charge is -2.30. The number of nitrogens with zero attached hydrogens (tertiary/aromatic N) is 3. The van der Waals surface area contributed by atoms with Gasteiger partial charge in [0, 0.05) is 18.7 Å². The van der Waals surface area contributed by atoms with Crippen LogP contribution in [-0.4, -0.2) is 33.2 Å². The molecule has 1 saturated heterocycles. The van der Waals surface area contributed by atoms with E-state index < -0.39 is 5.91 Å². The van der Waals surface area contributed by atoms with Crippen LogP contribution in [0.15, 0.2) is 6.20 Å². The molecule has 0 aromatic carbocycles. The van der Waals surface area contributed by atoms with E-state index in [-0.39, 0.29) is 17.9 Å². The second-order valence-electron chi connectivity index (χ2n) is 6.62. The van der Waals surface area contributed by atoms with E-state index in [1.165, 1.54) is 12.6 Å². The number of carbonyl (C=O) groups is 2. The molecule has 1 aromatic rings. The molecule has 3 rings (SSSR count). The Bertz CT molecular complexity index is 611. The molecule has 2 amide bonds. The normalized spacial score (nSPS) is 22.3. The van der Waals surface area contributed by atoms with Crippen LogP contribution in [0.25, 0.3) is 0 Å². The molecule has 1 atom stereocenters. The fraction of sp³-hybridized carbons (Fsp3) is 0.647. The monoisotopic (exact) mass is 316 g/mol. The highest BCUT2D eigenvalue weighted by molar-refractivity contribution is 5.93. The molecule has 0 bridgehead atoms. The zero-order chi connectivity index (χ0) is 16.4. The largest absolute Gasteiger partial charge is 0.365 e. The van der Waals surface area contributed by atoms with Crippen LogP contribution >= 0.6 is 0 Å². The van der Waals surface area contributed by atoms with Gasteiger partial charge >= 0.3 is 0 Å². The molecule has 2 aliphatic rings. The van der Waals surface area contributed by atoms with Crippen molar-refractivity contribution in [3.05, 3.63) is 23.3 Å². The molecule has 6 heteroatoms. The van der Waals surface area contributed by atoms with E-state index in [1.54, 1.807) is 6.92 Å². The zero-order valence-corrected chi connectivity index (χ0v) is 13.6. The van der Waals surface area contributed by atoms with Crippen molar-refractivity contribution in [2.75, 3.05) is 6.54 Å². The van der Waals surface area contributed by atoms with Gasteiger partial charge in [-0.1, -0.05) is 19.3 Å². The molecule has 2 heterocycles. The minimum atomic E-state index is -0.518. The number of nitrogens with two attached hydrogens (primary N) is 1. The van der Waals surface area contributed by atoms with Gasteiger partial charge in [0.05, 0.1) is 17.3 Å². The second kappa shape index (κ2) is 6.64. The van der Waals surface area contributed by atoms with Crippen LogP contribution in [0.2, 0.25) is 0 Å². The molecule has 1 saturated carbocycles. The number of likely N-dealkylation sites (tertiary alicyclic amines) is 1. The number of aryl methyl sites for hydroxylation is 1. The summed E-state index contributed by atoms with van der Waals surface area (Å²) in [5, 5.41) is 0. The molecule has 124 valence electrons. The minimum Gasteiger partial charge on any atom is -0.365 e. The smallest absolute Gasteiger partial charge is 0.252 e. The third-order valence-electron chi connectivity index (χ3n) is 5.05. The summed E-state index contributed by atoms with van der Waals surface area (Å²) < 4.78 is 0. The first kappa shape index (κ1) is 15.9. The summed E-state index contributed by atoms with van der Waals surface area (Å²) in [7, 11) is 0. The van der Waals surface area contributed by atoms with Crippen molar-refractivity contribution in [2.45, 2.75) is 57.9 Å². The number of primary amides is 1. The minimum absolute atomic E-state index is 0.0648. The quantitative estimate of drug-likeness (QED) is 0.925. The molecule has 1 aliphatic heterocycles. The van der Waals surface area contributed by atoms with E-state index in [1.807, 2.05) is 4.90 Å². The molecule has 6 nitrogen and oxygen atoms in total. The first-order chi connectivity index (χ1) is 11.1. The average Bonchev–Trinajstić information content (AvgIpc) is 3.04. The Morgan fingerprint density at radius 2 is 1.91 bits per heavy atom. The van der Waals surface area contributed by atoms with Gasteiger partial charge in [0.1, 0.15) is 0 Å². The van der Waals surface area contributed by atoms with Crippen molar-refractivity contribution in [2.24, 2.45) is 11.7 Å². The predicted octanol–water partition coefficient (Wildman–Crippen LogP) is 2.13. The first-order valence-corrected chi connectivity index (χ1v) is 8.51. The summed E-state index contributed by atoms with van der Waals surface area (Å²) in [5.41, 5.74) is 6.23. The summed E-state index contributed by atoms with van der Waals surface area (Å²) in [6.07, 6.45) is 8.89. The van der Waals surface area contributed by atoms with Crippen molar-refractivity contribution in [1.29, 1.82) is 0 Å². The number of hydrogen-bond acceptors (Lipinski definition) is 4. The molecule has 0 unspecified atom stereocenters. The number of amides is 2. The van der Waals surface area contributed by atoms with Crippen LogP contribution in [0, 0.1) is 12.8 Å². The number of hydrogen-bond donors (Lipinski definition) is 1. The summed E-state index contributed by atoms with van der Waals surface area (Å²) >= 11 is 0. The van der Waals surface area contributed by atoms with E-state index in [2.05, 4.69) is 9.97 Å². The Morgan fingerprint density at radius 3 is 2.57 bits per heavy atom. The van der Waals surface area contributed by atoms with Gasteiger partial charge in [0.25, 0.3) is 5.91 Å². The van der Waals surface area contributed by atoms with Gasteiger partial charge in [0.2, 0.25) is 5.91 Å². The molecule has 0 spiro atoms. The van der Waals surface area contributed by atoms with E-state index in [0.717, 1.165) is 45.1 Å². The number of carbonyl (C=O) groups excluding carboxylic acids is 2. The summed E-state index contributed by atoms with van der Waals surface area (Å²) in [4.78, 5) is 34.9. The maximum Gasteiger partial charge on any atom is 0.252 e. The van der Waals surface area contributed by atoms with Gasteiger partial charge in [-0.05, 0) is 32.6 Å². The lowest BCUT2D eigenvalue weighted by atomic mass is 9.88. The molecule has 2 fully saturated rings. The molecule has 1 aliphatic carbocycles. The van der Waals surface area contributed by atoms with E-state index in [4.69, 9.17) is 5.73 Å². The fourth-order valence-corrected chi connectivity index (χ4v) is 3.77. The summed E-state index contributed by atoms with van der Waals surface area (Å²) in [6.45, 7) is 2.54. The highest BCUT2D eigenvalue weighted by Crippen LogP contribution is 2.34. The van der Waals surface area contributed by atoms with Crippen molar-refractivity contribution in [3.8, 4) is 0 Å². The molecule has 2 N–H and O–H groups in total. The average molecular weight is 316 g/mol. The SMILES string of the molecule is Cc1nc([C@H]2CCCN2C(=O)C2CCCCC2)ncc1C(N)=O. The molecule has 1 aromatic heterocycles. The topological polar surface area (TPSA) is 89.2 Å². The van der Waals surface area contributed by atoms with E-state index in [0.29, 0.717) is 17.1 Å². The van der Waals surface area contributed by atoms with Crippen LogP contribution < -0.4 is 5.73 Å². The van der Waals surface area contributed by atoms with Gasteiger partial charge in [0.15, 0.2) is 5.82 Å².